The summed E-state index contributed by atoms with van der Waals surface area (Å²) >= 11 is 0. The van der Waals surface area contributed by atoms with E-state index < -0.39 is 47.6 Å². The number of alkyl halides is 6. The van der Waals surface area contributed by atoms with Crippen molar-refractivity contribution in [3.8, 4) is 6.07 Å². The summed E-state index contributed by atoms with van der Waals surface area (Å²) < 4.78 is 85.0. The molecule has 0 heterocycles. The van der Waals surface area contributed by atoms with Crippen molar-refractivity contribution >= 4 is 17.7 Å². The first-order chi connectivity index (χ1) is 17.3. The first kappa shape index (κ1) is 29.5. The number of benzene rings is 2. The van der Waals surface area contributed by atoms with Crippen LogP contribution in [-0.2, 0) is 23.6 Å². The fraction of sp³-hybridized carbons (Fsp3) is 0.400. The predicted molar refractivity (Wildman–Crippen MR) is 123 cm³/mol. The van der Waals surface area contributed by atoms with Crippen molar-refractivity contribution in [2.45, 2.75) is 45.6 Å². The molecule has 0 spiro atoms. The lowest BCUT2D eigenvalue weighted by molar-refractivity contribution is -0.138. The molecular weight excluding hydrogens is 504 g/mol. The largest absolute Gasteiger partial charge is 0.452 e. The van der Waals surface area contributed by atoms with Crippen molar-refractivity contribution < 1.29 is 40.7 Å². The zero-order chi connectivity index (χ0) is 28.0. The minimum absolute atomic E-state index is 0.129. The number of nitriles is 1. The van der Waals surface area contributed by atoms with Gasteiger partial charge in [0.15, 0.2) is 0 Å². The van der Waals surface area contributed by atoms with Crippen LogP contribution in [-0.4, -0.2) is 37.1 Å². The molecule has 0 atom stereocenters. The van der Waals surface area contributed by atoms with E-state index in [2.05, 4.69) is 4.74 Å². The molecule has 0 bridgehead atoms. The van der Waals surface area contributed by atoms with Crippen LogP contribution in [0.5, 0.6) is 0 Å². The Labute approximate surface area is 210 Å². The number of carbonyl (C=O) groups excluding carboxylic acids is 2. The van der Waals surface area contributed by atoms with E-state index in [0.717, 1.165) is 31.7 Å². The SMILES string of the molecule is CCCCN(CC)c1ccc(C(F)(F)F)cc1C(=O)N(Cc1cc(C#N)cc(C(F)(F)F)c1)C(=O)OC. The van der Waals surface area contributed by atoms with Gasteiger partial charge >= 0.3 is 18.4 Å². The Morgan fingerprint density at radius 1 is 0.973 bits per heavy atom. The highest BCUT2D eigenvalue weighted by Crippen LogP contribution is 2.35. The second-order valence-electron chi connectivity index (χ2n) is 8.05. The van der Waals surface area contributed by atoms with Crippen LogP contribution in [0.25, 0.3) is 0 Å². The topological polar surface area (TPSA) is 73.6 Å². The summed E-state index contributed by atoms with van der Waals surface area (Å²) in [6.07, 6.45) is -9.47. The lowest BCUT2D eigenvalue weighted by atomic mass is 10.0. The number of unbranched alkanes of at least 4 members (excludes halogenated alkanes) is 1. The van der Waals surface area contributed by atoms with Crippen LogP contribution in [0.2, 0.25) is 0 Å². The molecule has 0 unspecified atom stereocenters. The lowest BCUT2D eigenvalue weighted by Crippen LogP contribution is -2.38. The standard InChI is InChI=1S/C25H25F6N3O3/c1-4-6-9-33(5-2)21-8-7-18(24(26,27)28)13-20(21)22(35)34(23(36)37-3)15-17-10-16(14-32)11-19(12-17)25(29,30)31/h7-8,10-13H,4-6,9,15H2,1-3H3. The van der Waals surface area contributed by atoms with Crippen LogP contribution < -0.4 is 4.90 Å². The number of nitrogens with zero attached hydrogens (tertiary/aromatic N) is 3. The fourth-order valence-corrected chi connectivity index (χ4v) is 3.63. The Bertz CT molecular complexity index is 1170. The second-order valence-corrected chi connectivity index (χ2v) is 8.05. The second kappa shape index (κ2) is 12.0. The van der Waals surface area contributed by atoms with Gasteiger partial charge < -0.3 is 9.64 Å². The molecule has 37 heavy (non-hydrogen) atoms. The average molecular weight is 529 g/mol. The van der Waals surface area contributed by atoms with E-state index >= 15 is 0 Å². The average Bonchev–Trinajstić information content (AvgIpc) is 2.85. The van der Waals surface area contributed by atoms with Gasteiger partial charge in [-0.3, -0.25) is 4.79 Å². The number of rotatable bonds is 8. The quantitative estimate of drug-likeness (QED) is 0.359. The molecule has 0 radical (unpaired) electrons. The Kier molecular flexibility index (Phi) is 9.55. The third kappa shape index (κ3) is 7.38. The summed E-state index contributed by atoms with van der Waals surface area (Å²) in [5.74, 6) is -1.20. The zero-order valence-electron chi connectivity index (χ0n) is 20.3. The van der Waals surface area contributed by atoms with Crippen LogP contribution in [0, 0.1) is 11.3 Å². The first-order valence-corrected chi connectivity index (χ1v) is 11.2. The van der Waals surface area contributed by atoms with Crippen molar-refractivity contribution in [1.29, 1.82) is 5.26 Å². The first-order valence-electron chi connectivity index (χ1n) is 11.2. The molecule has 0 fully saturated rings. The van der Waals surface area contributed by atoms with E-state index in [4.69, 9.17) is 5.26 Å². The number of ether oxygens (including phenoxy) is 1. The summed E-state index contributed by atoms with van der Waals surface area (Å²) in [4.78, 5) is 28.1. The molecule has 2 aromatic carbocycles. The molecule has 2 aromatic rings. The van der Waals surface area contributed by atoms with Crippen molar-refractivity contribution in [3.63, 3.8) is 0 Å². The smallest absolute Gasteiger partial charge is 0.416 e. The minimum Gasteiger partial charge on any atom is -0.452 e. The van der Waals surface area contributed by atoms with Crippen LogP contribution in [0.15, 0.2) is 36.4 Å². The van der Waals surface area contributed by atoms with Gasteiger partial charge in [0, 0.05) is 18.8 Å². The van der Waals surface area contributed by atoms with Crippen molar-refractivity contribution in [1.82, 2.24) is 4.90 Å². The van der Waals surface area contributed by atoms with Gasteiger partial charge in [0.25, 0.3) is 5.91 Å². The fourth-order valence-electron chi connectivity index (χ4n) is 3.63. The van der Waals surface area contributed by atoms with Gasteiger partial charge in [-0.05, 0) is 55.3 Å². The zero-order valence-corrected chi connectivity index (χ0v) is 20.3. The number of carbonyl (C=O) groups is 2. The van der Waals surface area contributed by atoms with Crippen molar-refractivity contribution in [3.05, 3.63) is 64.2 Å². The summed E-state index contributed by atoms with van der Waals surface area (Å²) in [5, 5.41) is 9.13. The minimum atomic E-state index is -4.82. The van der Waals surface area contributed by atoms with Crippen LogP contribution in [0.4, 0.5) is 36.8 Å². The molecular formula is C25H25F6N3O3. The molecule has 0 saturated carbocycles. The van der Waals surface area contributed by atoms with Crippen LogP contribution in [0.1, 0.15) is 59.3 Å². The molecule has 0 aliphatic heterocycles. The maximum Gasteiger partial charge on any atom is 0.416 e. The normalized spacial score (nSPS) is 11.6. The predicted octanol–water partition coefficient (Wildman–Crippen LogP) is 6.63. The van der Waals surface area contributed by atoms with E-state index in [1.807, 2.05) is 6.92 Å². The molecule has 2 rings (SSSR count). The number of hydrogen-bond acceptors (Lipinski definition) is 5. The number of amides is 2. The van der Waals surface area contributed by atoms with E-state index in [1.165, 1.54) is 0 Å². The molecule has 0 aliphatic carbocycles. The Morgan fingerprint density at radius 3 is 2.14 bits per heavy atom. The van der Waals surface area contributed by atoms with Crippen molar-refractivity contribution in [2.75, 3.05) is 25.1 Å². The Hall–Kier alpha value is -3.75. The third-order valence-corrected chi connectivity index (χ3v) is 5.49. The molecule has 0 aliphatic rings. The highest BCUT2D eigenvalue weighted by molar-refractivity contribution is 6.06. The van der Waals surface area contributed by atoms with E-state index in [0.29, 0.717) is 42.6 Å². The highest BCUT2D eigenvalue weighted by Gasteiger charge is 2.35. The number of methoxy groups -OCH3 is 1. The molecule has 0 N–H and O–H groups in total. The summed E-state index contributed by atoms with van der Waals surface area (Å²) in [6.45, 7) is 3.63. The van der Waals surface area contributed by atoms with Crippen molar-refractivity contribution in [2.24, 2.45) is 0 Å². The van der Waals surface area contributed by atoms with Gasteiger partial charge in [0.2, 0.25) is 0 Å². The summed E-state index contributed by atoms with van der Waals surface area (Å²) in [7, 11) is 0.919. The highest BCUT2D eigenvalue weighted by atomic mass is 19.4. The van der Waals surface area contributed by atoms with Gasteiger partial charge in [0.1, 0.15) is 0 Å². The molecule has 200 valence electrons. The van der Waals surface area contributed by atoms with Gasteiger partial charge in [-0.25, -0.2) is 9.69 Å². The number of anilines is 1. The number of hydrogen-bond donors (Lipinski definition) is 0. The van der Waals surface area contributed by atoms with Gasteiger partial charge in [-0.1, -0.05) is 13.3 Å². The van der Waals surface area contributed by atoms with Crippen LogP contribution >= 0.6 is 0 Å². The lowest BCUT2D eigenvalue weighted by Gasteiger charge is -2.28. The van der Waals surface area contributed by atoms with Gasteiger partial charge in [-0.15, -0.1) is 0 Å². The third-order valence-electron chi connectivity index (χ3n) is 5.49. The molecule has 0 saturated heterocycles. The maximum absolute atomic E-state index is 13.5. The molecule has 2 amide bonds. The monoisotopic (exact) mass is 529 g/mol. The van der Waals surface area contributed by atoms with Crippen LogP contribution in [0.3, 0.4) is 0 Å². The number of imide groups is 1. The van der Waals surface area contributed by atoms with E-state index in [1.54, 1.807) is 17.9 Å². The Balaban J connectivity index is 2.66. The van der Waals surface area contributed by atoms with E-state index in [-0.39, 0.29) is 16.8 Å². The molecule has 12 heteroatoms. The molecule has 6 nitrogen and oxygen atoms in total. The van der Waals surface area contributed by atoms with E-state index in [9.17, 15) is 35.9 Å². The Morgan fingerprint density at radius 2 is 1.62 bits per heavy atom. The summed E-state index contributed by atoms with van der Waals surface area (Å²) in [6, 6.07) is 6.43. The number of halogens is 6. The van der Waals surface area contributed by atoms with Gasteiger partial charge in [-0.2, -0.15) is 31.6 Å². The van der Waals surface area contributed by atoms with Gasteiger partial charge in [0.05, 0.1) is 42.0 Å². The molecule has 0 aromatic heterocycles. The summed E-state index contributed by atoms with van der Waals surface area (Å²) in [5.41, 5.74) is -3.28. The maximum atomic E-state index is 13.5.